The zero-order chi connectivity index (χ0) is 10.7. The summed E-state index contributed by atoms with van der Waals surface area (Å²) in [6, 6.07) is 0. The number of likely N-dealkylation sites (tertiary alicyclic amines) is 1. The summed E-state index contributed by atoms with van der Waals surface area (Å²) in [5.74, 6) is 2.90. The maximum absolute atomic E-state index is 11.5. The third kappa shape index (κ3) is 2.18. The number of H-pyrrole nitrogens is 1. The summed E-state index contributed by atoms with van der Waals surface area (Å²) >= 11 is 0. The van der Waals surface area contributed by atoms with E-state index in [4.69, 9.17) is 6.42 Å². The van der Waals surface area contributed by atoms with E-state index in [9.17, 15) is 4.79 Å². The number of nitrogens with one attached hydrogen (secondary N) is 1. The number of rotatable bonds is 3. The van der Waals surface area contributed by atoms with Gasteiger partial charge in [0.15, 0.2) is 0 Å². The van der Waals surface area contributed by atoms with Crippen LogP contribution in [0.5, 0.6) is 0 Å². The molecule has 0 radical (unpaired) electrons. The Morgan fingerprint density at radius 3 is 3.20 bits per heavy atom. The zero-order valence-electron chi connectivity index (χ0n) is 8.44. The summed E-state index contributed by atoms with van der Waals surface area (Å²) in [5.41, 5.74) is 1.05. The van der Waals surface area contributed by atoms with Crippen LogP contribution < -0.4 is 0 Å². The highest BCUT2D eigenvalue weighted by molar-refractivity contribution is 5.79. The largest absolute Gasteiger partial charge is 0.348 e. The molecule has 2 heterocycles. The van der Waals surface area contributed by atoms with Gasteiger partial charge >= 0.3 is 0 Å². The van der Waals surface area contributed by atoms with Crippen molar-refractivity contribution >= 4 is 5.91 Å². The molecule has 0 spiro atoms. The van der Waals surface area contributed by atoms with Crippen LogP contribution in [-0.4, -0.2) is 33.9 Å². The molecule has 15 heavy (non-hydrogen) atoms. The van der Waals surface area contributed by atoms with Gasteiger partial charge in [0, 0.05) is 43.7 Å². The van der Waals surface area contributed by atoms with Crippen LogP contribution in [0, 0.1) is 18.3 Å². The van der Waals surface area contributed by atoms with Gasteiger partial charge in [-0.25, -0.2) is 4.98 Å². The summed E-state index contributed by atoms with van der Waals surface area (Å²) in [7, 11) is 0. The number of aromatic nitrogens is 2. The maximum atomic E-state index is 11.5. The Labute approximate surface area is 88.7 Å². The van der Waals surface area contributed by atoms with Crippen molar-refractivity contribution in [2.45, 2.75) is 12.8 Å². The van der Waals surface area contributed by atoms with Crippen molar-refractivity contribution in [2.75, 3.05) is 13.1 Å². The van der Waals surface area contributed by atoms with Gasteiger partial charge in [0.05, 0.1) is 6.33 Å². The predicted molar refractivity (Wildman–Crippen MR) is 55.8 cm³/mol. The molecule has 1 fully saturated rings. The molecular formula is C11H13N3O. The first-order valence-electron chi connectivity index (χ1n) is 5.00. The quantitative estimate of drug-likeness (QED) is 0.724. The Morgan fingerprint density at radius 1 is 1.73 bits per heavy atom. The molecule has 0 aliphatic carbocycles. The number of carbonyl (C=O) groups excluding carboxylic acids is 1. The van der Waals surface area contributed by atoms with Crippen molar-refractivity contribution in [1.29, 1.82) is 0 Å². The molecule has 1 aliphatic rings. The van der Waals surface area contributed by atoms with Crippen molar-refractivity contribution in [1.82, 2.24) is 14.9 Å². The van der Waals surface area contributed by atoms with E-state index in [0.29, 0.717) is 13.0 Å². The van der Waals surface area contributed by atoms with Gasteiger partial charge < -0.3 is 9.88 Å². The normalized spacial score (nSPS) is 20.6. The lowest BCUT2D eigenvalue weighted by Gasteiger charge is -2.14. The molecule has 78 valence electrons. The first-order chi connectivity index (χ1) is 7.29. The van der Waals surface area contributed by atoms with E-state index in [1.807, 2.05) is 4.90 Å². The number of terminal acetylenes is 1. The molecular weight excluding hydrogens is 190 g/mol. The van der Waals surface area contributed by atoms with Gasteiger partial charge in [-0.1, -0.05) is 0 Å². The second kappa shape index (κ2) is 4.18. The minimum Gasteiger partial charge on any atom is -0.348 e. The fourth-order valence-electron chi connectivity index (χ4n) is 1.78. The monoisotopic (exact) mass is 203 g/mol. The third-order valence-corrected chi connectivity index (χ3v) is 2.66. The van der Waals surface area contributed by atoms with Crippen molar-refractivity contribution < 1.29 is 4.79 Å². The van der Waals surface area contributed by atoms with E-state index in [-0.39, 0.29) is 11.8 Å². The predicted octanol–water partition coefficient (Wildman–Crippen LogP) is 0.434. The first-order valence-corrected chi connectivity index (χ1v) is 5.00. The molecule has 2 rings (SSSR count). The summed E-state index contributed by atoms with van der Waals surface area (Å²) in [6.07, 6.45) is 10.0. The van der Waals surface area contributed by atoms with E-state index in [1.165, 1.54) is 0 Å². The molecule has 0 saturated carbocycles. The van der Waals surface area contributed by atoms with Gasteiger partial charge in [-0.05, 0) is 0 Å². The van der Waals surface area contributed by atoms with Gasteiger partial charge in [-0.3, -0.25) is 4.79 Å². The Bertz CT molecular complexity index is 377. The summed E-state index contributed by atoms with van der Waals surface area (Å²) in [5, 5.41) is 0. The molecule has 1 amide bonds. The molecule has 1 aromatic heterocycles. The van der Waals surface area contributed by atoms with Crippen molar-refractivity contribution in [2.24, 2.45) is 5.92 Å². The highest BCUT2D eigenvalue weighted by Crippen LogP contribution is 2.16. The van der Waals surface area contributed by atoms with Gasteiger partial charge in [0.25, 0.3) is 0 Å². The second-order valence-electron chi connectivity index (χ2n) is 3.73. The Hall–Kier alpha value is -1.76. The van der Waals surface area contributed by atoms with E-state index in [1.54, 1.807) is 12.5 Å². The van der Waals surface area contributed by atoms with Gasteiger partial charge in [0.1, 0.15) is 0 Å². The number of hydrogen-bond donors (Lipinski definition) is 1. The fraction of sp³-hybridized carbons (Fsp3) is 0.455. The molecule has 1 unspecified atom stereocenters. The SMILES string of the molecule is C#CC1CC(=O)N(CCc2cnc[nH]2)C1. The second-order valence-corrected chi connectivity index (χ2v) is 3.73. The highest BCUT2D eigenvalue weighted by Gasteiger charge is 2.27. The molecule has 4 nitrogen and oxygen atoms in total. The van der Waals surface area contributed by atoms with Crippen molar-refractivity contribution in [3.63, 3.8) is 0 Å². The lowest BCUT2D eigenvalue weighted by molar-refractivity contribution is -0.127. The summed E-state index contributed by atoms with van der Waals surface area (Å²) in [4.78, 5) is 20.3. The van der Waals surface area contributed by atoms with E-state index in [0.717, 1.165) is 18.7 Å². The van der Waals surface area contributed by atoms with Gasteiger partial charge in [-0.2, -0.15) is 0 Å². The number of nitrogens with zero attached hydrogens (tertiary/aromatic N) is 2. The molecule has 1 saturated heterocycles. The average Bonchev–Trinajstić information content (AvgIpc) is 2.84. The fourth-order valence-corrected chi connectivity index (χ4v) is 1.78. The van der Waals surface area contributed by atoms with E-state index in [2.05, 4.69) is 15.9 Å². The summed E-state index contributed by atoms with van der Waals surface area (Å²) < 4.78 is 0. The van der Waals surface area contributed by atoms with Gasteiger partial charge in [0.2, 0.25) is 5.91 Å². The van der Waals surface area contributed by atoms with Crippen LogP contribution in [0.3, 0.4) is 0 Å². The van der Waals surface area contributed by atoms with E-state index < -0.39 is 0 Å². The lowest BCUT2D eigenvalue weighted by atomic mass is 10.1. The topological polar surface area (TPSA) is 49.0 Å². The number of imidazole rings is 1. The van der Waals surface area contributed by atoms with Crippen molar-refractivity contribution in [3.05, 3.63) is 18.2 Å². The van der Waals surface area contributed by atoms with Crippen LogP contribution in [0.1, 0.15) is 12.1 Å². The molecule has 1 N–H and O–H groups in total. The average molecular weight is 203 g/mol. The molecule has 1 atom stereocenters. The third-order valence-electron chi connectivity index (χ3n) is 2.66. The van der Waals surface area contributed by atoms with E-state index >= 15 is 0 Å². The minimum atomic E-state index is 0.0965. The van der Waals surface area contributed by atoms with Crippen LogP contribution in [0.25, 0.3) is 0 Å². The van der Waals surface area contributed by atoms with Crippen LogP contribution in [-0.2, 0) is 11.2 Å². The number of carbonyl (C=O) groups is 1. The number of hydrogen-bond acceptors (Lipinski definition) is 2. The highest BCUT2D eigenvalue weighted by atomic mass is 16.2. The molecule has 1 aliphatic heterocycles. The minimum absolute atomic E-state index is 0.0965. The Kier molecular flexibility index (Phi) is 2.72. The van der Waals surface area contributed by atoms with Crippen LogP contribution in [0.2, 0.25) is 0 Å². The van der Waals surface area contributed by atoms with Crippen molar-refractivity contribution in [3.8, 4) is 12.3 Å². The molecule has 1 aromatic rings. The number of aromatic amines is 1. The standard InChI is InChI=1S/C11H13N3O/c1-2-9-5-11(15)14(7-9)4-3-10-6-12-8-13-10/h1,6,8-9H,3-5,7H2,(H,12,13). The maximum Gasteiger partial charge on any atom is 0.223 e. The van der Waals surface area contributed by atoms with Crippen LogP contribution >= 0.6 is 0 Å². The van der Waals surface area contributed by atoms with Crippen LogP contribution in [0.4, 0.5) is 0 Å². The Balaban J connectivity index is 1.86. The molecule has 4 heteroatoms. The molecule has 0 bridgehead atoms. The lowest BCUT2D eigenvalue weighted by Crippen LogP contribution is -2.27. The molecule has 0 aromatic carbocycles. The van der Waals surface area contributed by atoms with Crippen LogP contribution in [0.15, 0.2) is 12.5 Å². The Morgan fingerprint density at radius 2 is 2.60 bits per heavy atom. The van der Waals surface area contributed by atoms with Gasteiger partial charge in [-0.15, -0.1) is 12.3 Å². The summed E-state index contributed by atoms with van der Waals surface area (Å²) in [6.45, 7) is 1.42. The smallest absolute Gasteiger partial charge is 0.223 e. The zero-order valence-corrected chi connectivity index (χ0v) is 8.44. The number of amides is 1. The first kappa shape index (κ1) is 9.78.